The molecule has 114 valence electrons. The summed E-state index contributed by atoms with van der Waals surface area (Å²) in [5.74, 6) is 0.429. The lowest BCUT2D eigenvalue weighted by molar-refractivity contribution is 0.0949. The lowest BCUT2D eigenvalue weighted by Crippen LogP contribution is -2.19. The highest BCUT2D eigenvalue weighted by Crippen LogP contribution is 2.11. The first-order valence-electron chi connectivity index (χ1n) is 7.12. The highest BCUT2D eigenvalue weighted by Gasteiger charge is 2.04. The number of aromatic nitrogens is 2. The van der Waals surface area contributed by atoms with Crippen molar-refractivity contribution in [3.63, 3.8) is 0 Å². The predicted octanol–water partition coefficient (Wildman–Crippen LogP) is 2.42. The summed E-state index contributed by atoms with van der Waals surface area (Å²) in [5, 5.41) is 3.89. The molecule has 0 atom stereocenters. The Labute approximate surface area is 129 Å². The molecule has 6 nitrogen and oxygen atoms in total. The molecule has 1 N–H and O–H groups in total. The Hall–Kier alpha value is -2.76. The van der Waals surface area contributed by atoms with E-state index >= 15 is 0 Å². The molecule has 1 amide bonds. The second kappa shape index (κ2) is 8.51. The van der Waals surface area contributed by atoms with Crippen molar-refractivity contribution < 1.29 is 9.53 Å². The summed E-state index contributed by atoms with van der Waals surface area (Å²) in [6, 6.07) is 7.50. The lowest BCUT2D eigenvalue weighted by Gasteiger charge is -2.04. The predicted molar refractivity (Wildman–Crippen MR) is 83.9 cm³/mol. The summed E-state index contributed by atoms with van der Waals surface area (Å²) in [6.07, 6.45) is 8.05. The number of hydrogen-bond donors (Lipinski definition) is 1. The van der Waals surface area contributed by atoms with E-state index in [1.807, 2.05) is 24.3 Å². The maximum atomic E-state index is 11.7. The second-order valence-electron chi connectivity index (χ2n) is 4.56. The van der Waals surface area contributed by atoms with Gasteiger partial charge in [-0.3, -0.25) is 9.78 Å². The largest absolute Gasteiger partial charge is 0.494 e. The van der Waals surface area contributed by atoms with E-state index in [2.05, 4.69) is 27.4 Å². The number of nitrogens with one attached hydrogen (secondary N) is 1. The Morgan fingerprint density at radius 1 is 1.32 bits per heavy atom. The van der Waals surface area contributed by atoms with E-state index in [0.717, 1.165) is 30.8 Å². The third-order valence-electron chi connectivity index (χ3n) is 2.82. The Balaban J connectivity index is 1.84. The topological polar surface area (TPSA) is 76.5 Å². The van der Waals surface area contributed by atoms with Crippen LogP contribution in [-0.4, -0.2) is 28.7 Å². The van der Waals surface area contributed by atoms with Gasteiger partial charge in [0.1, 0.15) is 11.4 Å². The Kier molecular flexibility index (Phi) is 6.04. The number of amides is 1. The number of carbonyl (C=O) groups excluding carboxylic acids is 1. The normalized spacial score (nSPS) is 10.6. The van der Waals surface area contributed by atoms with E-state index in [1.165, 1.54) is 18.6 Å². The third-order valence-corrected chi connectivity index (χ3v) is 2.82. The van der Waals surface area contributed by atoms with Crippen LogP contribution in [0.25, 0.3) is 0 Å². The van der Waals surface area contributed by atoms with Gasteiger partial charge >= 0.3 is 0 Å². The number of ether oxygens (including phenoxy) is 1. The Morgan fingerprint density at radius 2 is 2.14 bits per heavy atom. The molecule has 0 radical (unpaired) electrons. The molecular weight excluding hydrogens is 280 g/mol. The van der Waals surface area contributed by atoms with Gasteiger partial charge in [0.05, 0.1) is 19.0 Å². The van der Waals surface area contributed by atoms with E-state index < -0.39 is 5.91 Å². The van der Waals surface area contributed by atoms with Crippen molar-refractivity contribution in [1.82, 2.24) is 15.4 Å². The maximum absolute atomic E-state index is 11.7. The van der Waals surface area contributed by atoms with Crippen molar-refractivity contribution >= 4 is 12.1 Å². The molecular formula is C16H18N4O2. The Morgan fingerprint density at radius 3 is 2.82 bits per heavy atom. The first kappa shape index (κ1) is 15.6. The summed E-state index contributed by atoms with van der Waals surface area (Å²) < 4.78 is 5.57. The van der Waals surface area contributed by atoms with Gasteiger partial charge in [-0.2, -0.15) is 5.10 Å². The van der Waals surface area contributed by atoms with Crippen LogP contribution in [0.1, 0.15) is 35.8 Å². The molecule has 0 unspecified atom stereocenters. The highest BCUT2D eigenvalue weighted by atomic mass is 16.5. The quantitative estimate of drug-likeness (QED) is 0.484. The summed E-state index contributed by atoms with van der Waals surface area (Å²) in [7, 11) is 0. The minimum absolute atomic E-state index is 0.222. The minimum atomic E-state index is -0.399. The minimum Gasteiger partial charge on any atom is -0.494 e. The van der Waals surface area contributed by atoms with Gasteiger partial charge in [0.2, 0.25) is 0 Å². The van der Waals surface area contributed by atoms with Crippen molar-refractivity contribution in [2.45, 2.75) is 19.8 Å². The van der Waals surface area contributed by atoms with Crippen molar-refractivity contribution in [2.75, 3.05) is 6.61 Å². The van der Waals surface area contributed by atoms with E-state index in [9.17, 15) is 4.79 Å². The molecule has 0 aliphatic carbocycles. The molecule has 0 bridgehead atoms. The van der Waals surface area contributed by atoms with Crippen LogP contribution in [0, 0.1) is 0 Å². The van der Waals surface area contributed by atoms with Gasteiger partial charge in [-0.25, -0.2) is 10.4 Å². The molecule has 22 heavy (non-hydrogen) atoms. The number of nitrogens with zero attached hydrogens (tertiary/aromatic N) is 3. The van der Waals surface area contributed by atoms with Gasteiger partial charge in [-0.05, 0) is 36.2 Å². The molecule has 0 saturated heterocycles. The first-order chi connectivity index (χ1) is 10.8. The van der Waals surface area contributed by atoms with Gasteiger partial charge in [-0.15, -0.1) is 0 Å². The van der Waals surface area contributed by atoms with Crippen LogP contribution in [0.2, 0.25) is 0 Å². The first-order valence-corrected chi connectivity index (χ1v) is 7.12. The van der Waals surface area contributed by atoms with E-state index in [0.29, 0.717) is 0 Å². The standard InChI is InChI=1S/C16H18N4O2/c1-2-3-10-22-14-6-4-13(5-7-14)11-19-20-16(21)15-12-17-8-9-18-15/h4-9,11-12H,2-3,10H2,1H3,(H,20,21). The molecule has 2 rings (SSSR count). The van der Waals surface area contributed by atoms with E-state index in [1.54, 1.807) is 6.21 Å². The Bertz CT molecular complexity index is 612. The van der Waals surface area contributed by atoms with Crippen LogP contribution in [0.4, 0.5) is 0 Å². The molecule has 0 aliphatic heterocycles. The zero-order valence-electron chi connectivity index (χ0n) is 12.4. The zero-order valence-corrected chi connectivity index (χ0v) is 12.4. The lowest BCUT2D eigenvalue weighted by atomic mass is 10.2. The molecule has 1 heterocycles. The molecule has 1 aromatic carbocycles. The van der Waals surface area contributed by atoms with Crippen LogP contribution in [-0.2, 0) is 0 Å². The average molecular weight is 298 g/mol. The summed E-state index contributed by atoms with van der Waals surface area (Å²) >= 11 is 0. The fourth-order valence-corrected chi connectivity index (χ4v) is 1.62. The summed E-state index contributed by atoms with van der Waals surface area (Å²) in [4.78, 5) is 19.4. The molecule has 0 saturated carbocycles. The third kappa shape index (κ3) is 4.97. The fourth-order valence-electron chi connectivity index (χ4n) is 1.62. The smallest absolute Gasteiger partial charge is 0.291 e. The van der Waals surface area contributed by atoms with Crippen LogP contribution in [0.3, 0.4) is 0 Å². The van der Waals surface area contributed by atoms with Gasteiger partial charge in [0.25, 0.3) is 5.91 Å². The maximum Gasteiger partial charge on any atom is 0.291 e. The highest BCUT2D eigenvalue weighted by molar-refractivity contribution is 5.92. The number of hydrogen-bond acceptors (Lipinski definition) is 5. The van der Waals surface area contributed by atoms with E-state index in [4.69, 9.17) is 4.74 Å². The number of unbranched alkanes of at least 4 members (excludes halogenated alkanes) is 1. The number of carbonyl (C=O) groups is 1. The summed E-state index contributed by atoms with van der Waals surface area (Å²) in [6.45, 7) is 2.84. The van der Waals surface area contributed by atoms with Crippen LogP contribution in [0.15, 0.2) is 48.0 Å². The SMILES string of the molecule is CCCCOc1ccc(C=NNC(=O)c2cnccn2)cc1. The molecule has 1 aromatic heterocycles. The van der Waals surface area contributed by atoms with Crippen LogP contribution in [0.5, 0.6) is 5.75 Å². The van der Waals surface area contributed by atoms with Crippen molar-refractivity contribution in [2.24, 2.45) is 5.10 Å². The molecule has 0 aliphatic rings. The summed E-state index contributed by atoms with van der Waals surface area (Å²) in [5.41, 5.74) is 3.49. The molecule has 0 fully saturated rings. The monoisotopic (exact) mass is 298 g/mol. The molecule has 2 aromatic rings. The van der Waals surface area contributed by atoms with Crippen LogP contribution < -0.4 is 10.2 Å². The number of hydrazone groups is 1. The fraction of sp³-hybridized carbons (Fsp3) is 0.250. The van der Waals surface area contributed by atoms with E-state index in [-0.39, 0.29) is 5.69 Å². The van der Waals surface area contributed by atoms with Crippen LogP contribution >= 0.6 is 0 Å². The zero-order chi connectivity index (χ0) is 15.6. The average Bonchev–Trinajstić information content (AvgIpc) is 2.57. The van der Waals surface area contributed by atoms with Gasteiger partial charge in [-0.1, -0.05) is 13.3 Å². The number of rotatable bonds is 7. The number of benzene rings is 1. The molecule has 6 heteroatoms. The van der Waals surface area contributed by atoms with Gasteiger partial charge < -0.3 is 4.74 Å². The van der Waals surface area contributed by atoms with Crippen molar-refractivity contribution in [1.29, 1.82) is 0 Å². The van der Waals surface area contributed by atoms with Crippen molar-refractivity contribution in [3.8, 4) is 5.75 Å². The second-order valence-corrected chi connectivity index (χ2v) is 4.56. The van der Waals surface area contributed by atoms with Crippen molar-refractivity contribution in [3.05, 3.63) is 54.1 Å². The van der Waals surface area contributed by atoms with Gasteiger partial charge in [0, 0.05) is 12.4 Å². The molecule has 0 spiro atoms. The van der Waals surface area contributed by atoms with Gasteiger partial charge in [0.15, 0.2) is 0 Å².